The molecule has 122 valence electrons. The lowest BCUT2D eigenvalue weighted by Crippen LogP contribution is -2.15. The van der Waals surface area contributed by atoms with E-state index < -0.39 is 5.91 Å². The maximum Gasteiger partial charge on any atom is 0.291 e. The highest BCUT2D eigenvalue weighted by Crippen LogP contribution is 2.24. The third kappa shape index (κ3) is 2.88. The molecule has 0 aliphatic carbocycles. The summed E-state index contributed by atoms with van der Waals surface area (Å²) in [7, 11) is 1.52. The zero-order valence-electron chi connectivity index (χ0n) is 13.7. The van der Waals surface area contributed by atoms with Gasteiger partial charge in [-0.3, -0.25) is 9.59 Å². The smallest absolute Gasteiger partial charge is 0.291 e. The van der Waals surface area contributed by atoms with Crippen molar-refractivity contribution in [1.29, 1.82) is 0 Å². The summed E-state index contributed by atoms with van der Waals surface area (Å²) in [6.07, 6.45) is 0. The summed E-state index contributed by atoms with van der Waals surface area (Å²) in [6.45, 7) is 3.85. The third-order valence-corrected chi connectivity index (χ3v) is 3.92. The van der Waals surface area contributed by atoms with E-state index in [1.807, 2.05) is 13.8 Å². The number of ether oxygens (including phenoxy) is 1. The standard InChI is InChI=1S/C19H17NO4/c1-11-8-13-15(21)10-18(24-17(13)9-12(11)2)19(22)20-14-6-4-5-7-16(14)23-3/h4-10H,1-3H3,(H,20,22). The largest absolute Gasteiger partial charge is 0.495 e. The minimum Gasteiger partial charge on any atom is -0.495 e. The number of para-hydroxylation sites is 2. The fourth-order valence-corrected chi connectivity index (χ4v) is 2.46. The highest BCUT2D eigenvalue weighted by atomic mass is 16.5. The van der Waals surface area contributed by atoms with Crippen LogP contribution in [0.25, 0.3) is 11.0 Å². The molecule has 0 unspecified atom stereocenters. The summed E-state index contributed by atoms with van der Waals surface area (Å²) in [5, 5.41) is 3.16. The van der Waals surface area contributed by atoms with Crippen LogP contribution in [0.1, 0.15) is 21.7 Å². The van der Waals surface area contributed by atoms with Crippen LogP contribution in [0.4, 0.5) is 5.69 Å². The number of rotatable bonds is 3. The molecule has 0 bridgehead atoms. The van der Waals surface area contributed by atoms with Gasteiger partial charge in [0.05, 0.1) is 18.2 Å². The van der Waals surface area contributed by atoms with Crippen LogP contribution in [0.5, 0.6) is 5.75 Å². The molecule has 0 saturated heterocycles. The molecule has 0 spiro atoms. The van der Waals surface area contributed by atoms with Crippen LogP contribution in [0.2, 0.25) is 0 Å². The van der Waals surface area contributed by atoms with E-state index in [0.29, 0.717) is 22.4 Å². The summed E-state index contributed by atoms with van der Waals surface area (Å²) in [5.74, 6) is -0.0150. The summed E-state index contributed by atoms with van der Waals surface area (Å²) < 4.78 is 10.8. The highest BCUT2D eigenvalue weighted by Gasteiger charge is 2.15. The summed E-state index contributed by atoms with van der Waals surface area (Å²) >= 11 is 0. The lowest BCUT2D eigenvalue weighted by molar-refractivity contribution is 0.0997. The number of aryl methyl sites for hydroxylation is 2. The SMILES string of the molecule is COc1ccccc1NC(=O)c1cc(=O)c2cc(C)c(C)cc2o1. The van der Waals surface area contributed by atoms with Crippen molar-refractivity contribution in [3.63, 3.8) is 0 Å². The predicted octanol–water partition coefficient (Wildman–Crippen LogP) is 3.67. The van der Waals surface area contributed by atoms with E-state index in [2.05, 4.69) is 5.32 Å². The number of anilines is 1. The average molecular weight is 323 g/mol. The first-order chi connectivity index (χ1) is 11.5. The first kappa shape index (κ1) is 15.8. The van der Waals surface area contributed by atoms with Crippen LogP contribution in [-0.4, -0.2) is 13.0 Å². The highest BCUT2D eigenvalue weighted by molar-refractivity contribution is 6.03. The van der Waals surface area contributed by atoms with Crippen molar-refractivity contribution in [3.05, 3.63) is 69.6 Å². The molecule has 24 heavy (non-hydrogen) atoms. The molecule has 1 heterocycles. The van der Waals surface area contributed by atoms with Gasteiger partial charge in [-0.15, -0.1) is 0 Å². The Balaban J connectivity index is 2.01. The Hall–Kier alpha value is -3.08. The number of nitrogens with one attached hydrogen (secondary N) is 1. The second-order valence-electron chi connectivity index (χ2n) is 5.56. The minimum atomic E-state index is -0.503. The second-order valence-corrected chi connectivity index (χ2v) is 5.56. The Bertz CT molecular complexity index is 988. The van der Waals surface area contributed by atoms with E-state index in [0.717, 1.165) is 11.1 Å². The van der Waals surface area contributed by atoms with Gasteiger partial charge in [0, 0.05) is 6.07 Å². The van der Waals surface area contributed by atoms with Gasteiger partial charge in [0.1, 0.15) is 11.3 Å². The molecular weight excluding hydrogens is 306 g/mol. The quantitative estimate of drug-likeness (QED) is 0.798. The monoisotopic (exact) mass is 323 g/mol. The molecule has 0 aliphatic heterocycles. The Morgan fingerprint density at radius 1 is 1.08 bits per heavy atom. The predicted molar refractivity (Wildman–Crippen MR) is 92.9 cm³/mol. The van der Waals surface area contributed by atoms with Gasteiger partial charge < -0.3 is 14.5 Å². The fraction of sp³-hybridized carbons (Fsp3) is 0.158. The van der Waals surface area contributed by atoms with Crippen LogP contribution in [-0.2, 0) is 0 Å². The molecule has 5 heteroatoms. The Morgan fingerprint density at radius 3 is 2.54 bits per heavy atom. The van der Waals surface area contributed by atoms with E-state index in [1.54, 1.807) is 36.4 Å². The number of fused-ring (bicyclic) bond motifs is 1. The van der Waals surface area contributed by atoms with Gasteiger partial charge in [0.15, 0.2) is 11.2 Å². The molecule has 1 aromatic heterocycles. The minimum absolute atomic E-state index is 0.0401. The van der Waals surface area contributed by atoms with Gasteiger partial charge in [0.25, 0.3) is 5.91 Å². The molecule has 0 radical (unpaired) electrons. The normalized spacial score (nSPS) is 10.6. The van der Waals surface area contributed by atoms with Gasteiger partial charge in [0.2, 0.25) is 0 Å². The van der Waals surface area contributed by atoms with Crippen LogP contribution in [0, 0.1) is 13.8 Å². The van der Waals surface area contributed by atoms with E-state index in [9.17, 15) is 9.59 Å². The zero-order chi connectivity index (χ0) is 17.3. The lowest BCUT2D eigenvalue weighted by Gasteiger charge is -2.10. The number of carbonyl (C=O) groups is 1. The molecule has 0 fully saturated rings. The van der Waals surface area contributed by atoms with E-state index in [1.165, 1.54) is 13.2 Å². The van der Waals surface area contributed by atoms with Crippen molar-refractivity contribution in [3.8, 4) is 5.75 Å². The molecule has 0 aliphatic rings. The topological polar surface area (TPSA) is 68.5 Å². The molecule has 1 amide bonds. The second kappa shape index (κ2) is 6.20. The first-order valence-electron chi connectivity index (χ1n) is 7.49. The van der Waals surface area contributed by atoms with Gasteiger partial charge in [-0.25, -0.2) is 0 Å². The summed E-state index contributed by atoms with van der Waals surface area (Å²) in [4.78, 5) is 24.7. The van der Waals surface area contributed by atoms with Crippen LogP contribution < -0.4 is 15.5 Å². The Kier molecular flexibility index (Phi) is 4.08. The molecule has 2 aromatic carbocycles. The average Bonchev–Trinajstić information content (AvgIpc) is 2.57. The van der Waals surface area contributed by atoms with Gasteiger partial charge in [-0.1, -0.05) is 12.1 Å². The molecule has 3 rings (SSSR count). The van der Waals surface area contributed by atoms with Crippen LogP contribution >= 0.6 is 0 Å². The van der Waals surface area contributed by atoms with Crippen molar-refractivity contribution in [2.24, 2.45) is 0 Å². The van der Waals surface area contributed by atoms with Crippen molar-refractivity contribution in [1.82, 2.24) is 0 Å². The lowest BCUT2D eigenvalue weighted by atomic mass is 10.1. The van der Waals surface area contributed by atoms with Gasteiger partial charge >= 0.3 is 0 Å². The molecule has 0 atom stereocenters. The van der Waals surface area contributed by atoms with Crippen molar-refractivity contribution < 1.29 is 13.9 Å². The van der Waals surface area contributed by atoms with Crippen molar-refractivity contribution in [2.75, 3.05) is 12.4 Å². The van der Waals surface area contributed by atoms with Crippen molar-refractivity contribution in [2.45, 2.75) is 13.8 Å². The number of benzene rings is 2. The van der Waals surface area contributed by atoms with Crippen LogP contribution in [0.15, 0.2) is 51.7 Å². The van der Waals surface area contributed by atoms with Crippen LogP contribution in [0.3, 0.4) is 0 Å². The summed E-state index contributed by atoms with van der Waals surface area (Å²) in [6, 6.07) is 11.8. The molecule has 0 saturated carbocycles. The number of hydrogen-bond donors (Lipinski definition) is 1. The number of methoxy groups -OCH3 is 1. The molecular formula is C19H17NO4. The molecule has 3 aromatic rings. The first-order valence-corrected chi connectivity index (χ1v) is 7.49. The maximum atomic E-state index is 12.4. The molecule has 5 nitrogen and oxygen atoms in total. The van der Waals surface area contributed by atoms with E-state index >= 15 is 0 Å². The van der Waals surface area contributed by atoms with Gasteiger partial charge in [-0.2, -0.15) is 0 Å². The van der Waals surface area contributed by atoms with E-state index in [4.69, 9.17) is 9.15 Å². The Labute approximate surface area is 138 Å². The van der Waals surface area contributed by atoms with Crippen molar-refractivity contribution >= 4 is 22.6 Å². The molecule has 1 N–H and O–H groups in total. The third-order valence-electron chi connectivity index (χ3n) is 3.92. The Morgan fingerprint density at radius 2 is 1.79 bits per heavy atom. The fourth-order valence-electron chi connectivity index (χ4n) is 2.46. The number of hydrogen-bond acceptors (Lipinski definition) is 4. The summed E-state index contributed by atoms with van der Waals surface area (Å²) in [5.41, 5.74) is 2.65. The maximum absolute atomic E-state index is 12.4. The number of amides is 1. The van der Waals surface area contributed by atoms with E-state index in [-0.39, 0.29) is 11.2 Å². The van der Waals surface area contributed by atoms with Gasteiger partial charge in [-0.05, 0) is 49.2 Å². The number of carbonyl (C=O) groups excluding carboxylic acids is 1. The zero-order valence-corrected chi connectivity index (χ0v) is 13.7.